The molecule has 0 aromatic rings. The molecule has 0 spiro atoms. The van der Waals surface area contributed by atoms with Crippen LogP contribution in [-0.4, -0.2) is 35.6 Å². The SMILES string of the molecule is CCCOC(C(C)C)C(O)CO. The average molecular weight is 176 g/mol. The van der Waals surface area contributed by atoms with Crippen LogP contribution in [0.5, 0.6) is 0 Å². The van der Waals surface area contributed by atoms with Gasteiger partial charge in [-0.15, -0.1) is 0 Å². The molecule has 0 fully saturated rings. The Morgan fingerprint density at radius 2 is 1.92 bits per heavy atom. The second-order valence-corrected chi connectivity index (χ2v) is 3.33. The van der Waals surface area contributed by atoms with Crippen molar-refractivity contribution in [3.8, 4) is 0 Å². The number of rotatable bonds is 6. The lowest BCUT2D eigenvalue weighted by Crippen LogP contribution is -2.36. The van der Waals surface area contributed by atoms with Gasteiger partial charge in [-0.2, -0.15) is 0 Å². The molecular formula is C9H20O3. The molecule has 0 saturated heterocycles. The second kappa shape index (κ2) is 6.40. The van der Waals surface area contributed by atoms with E-state index in [1.165, 1.54) is 0 Å². The Hall–Kier alpha value is -0.120. The fraction of sp³-hybridized carbons (Fsp3) is 1.00. The lowest BCUT2D eigenvalue weighted by molar-refractivity contribution is -0.0785. The lowest BCUT2D eigenvalue weighted by Gasteiger charge is -2.25. The molecule has 0 aliphatic carbocycles. The number of ether oxygens (including phenoxy) is 1. The molecule has 2 unspecified atom stereocenters. The van der Waals surface area contributed by atoms with Crippen molar-refractivity contribution in [2.24, 2.45) is 5.92 Å². The fourth-order valence-corrected chi connectivity index (χ4v) is 1.11. The van der Waals surface area contributed by atoms with E-state index in [0.29, 0.717) is 6.61 Å². The van der Waals surface area contributed by atoms with E-state index in [4.69, 9.17) is 9.84 Å². The van der Waals surface area contributed by atoms with Crippen molar-refractivity contribution >= 4 is 0 Å². The molecule has 74 valence electrons. The van der Waals surface area contributed by atoms with Crippen molar-refractivity contribution in [2.45, 2.75) is 39.4 Å². The van der Waals surface area contributed by atoms with E-state index < -0.39 is 6.10 Å². The summed E-state index contributed by atoms with van der Waals surface area (Å²) in [6.07, 6.45) is -0.0621. The molecule has 2 atom stereocenters. The Labute approximate surface area is 74.4 Å². The van der Waals surface area contributed by atoms with E-state index in [2.05, 4.69) is 0 Å². The number of hydrogen-bond donors (Lipinski definition) is 2. The summed E-state index contributed by atoms with van der Waals surface area (Å²) in [6, 6.07) is 0. The first-order valence-electron chi connectivity index (χ1n) is 4.54. The molecule has 0 bridgehead atoms. The lowest BCUT2D eigenvalue weighted by atomic mass is 10.0. The highest BCUT2D eigenvalue weighted by molar-refractivity contribution is 4.71. The highest BCUT2D eigenvalue weighted by atomic mass is 16.5. The summed E-state index contributed by atoms with van der Waals surface area (Å²) in [5, 5.41) is 18.1. The number of aliphatic hydroxyl groups is 2. The van der Waals surface area contributed by atoms with E-state index in [1.54, 1.807) is 0 Å². The highest BCUT2D eigenvalue weighted by Gasteiger charge is 2.21. The summed E-state index contributed by atoms with van der Waals surface area (Å²) in [4.78, 5) is 0. The number of aliphatic hydroxyl groups excluding tert-OH is 2. The van der Waals surface area contributed by atoms with Crippen molar-refractivity contribution in [1.82, 2.24) is 0 Å². The minimum Gasteiger partial charge on any atom is -0.394 e. The second-order valence-electron chi connectivity index (χ2n) is 3.33. The van der Waals surface area contributed by atoms with Gasteiger partial charge in [0.05, 0.1) is 12.7 Å². The maximum Gasteiger partial charge on any atom is 0.103 e. The third-order valence-corrected chi connectivity index (χ3v) is 1.74. The minimum atomic E-state index is -0.753. The monoisotopic (exact) mass is 176 g/mol. The summed E-state index contributed by atoms with van der Waals surface area (Å²) in [6.45, 7) is 6.37. The van der Waals surface area contributed by atoms with Gasteiger partial charge in [0, 0.05) is 6.61 Å². The van der Waals surface area contributed by atoms with Crippen LogP contribution in [0.3, 0.4) is 0 Å². The predicted octanol–water partition coefficient (Wildman–Crippen LogP) is 0.791. The molecule has 0 radical (unpaired) electrons. The quantitative estimate of drug-likeness (QED) is 0.629. The third-order valence-electron chi connectivity index (χ3n) is 1.74. The molecule has 3 nitrogen and oxygen atoms in total. The van der Waals surface area contributed by atoms with Gasteiger partial charge in [-0.3, -0.25) is 0 Å². The zero-order chi connectivity index (χ0) is 9.56. The van der Waals surface area contributed by atoms with Gasteiger partial charge in [0.1, 0.15) is 6.10 Å². The van der Waals surface area contributed by atoms with Crippen molar-refractivity contribution in [1.29, 1.82) is 0 Å². The summed E-state index contributed by atoms with van der Waals surface area (Å²) in [5.74, 6) is 0.235. The zero-order valence-corrected chi connectivity index (χ0v) is 8.16. The molecule has 2 N–H and O–H groups in total. The van der Waals surface area contributed by atoms with Gasteiger partial charge in [-0.25, -0.2) is 0 Å². The smallest absolute Gasteiger partial charge is 0.103 e. The van der Waals surface area contributed by atoms with Gasteiger partial charge in [0.25, 0.3) is 0 Å². The van der Waals surface area contributed by atoms with Crippen LogP contribution >= 0.6 is 0 Å². The van der Waals surface area contributed by atoms with E-state index in [-0.39, 0.29) is 18.6 Å². The topological polar surface area (TPSA) is 49.7 Å². The van der Waals surface area contributed by atoms with Crippen LogP contribution in [0.15, 0.2) is 0 Å². The largest absolute Gasteiger partial charge is 0.394 e. The average Bonchev–Trinajstić information content (AvgIpc) is 2.04. The summed E-state index contributed by atoms with van der Waals surface area (Å²) in [5.41, 5.74) is 0. The Morgan fingerprint density at radius 3 is 2.25 bits per heavy atom. The van der Waals surface area contributed by atoms with Gasteiger partial charge < -0.3 is 14.9 Å². The molecule has 0 aromatic heterocycles. The van der Waals surface area contributed by atoms with Crippen molar-refractivity contribution in [2.75, 3.05) is 13.2 Å². The van der Waals surface area contributed by atoms with Gasteiger partial charge in [0.15, 0.2) is 0 Å². The first kappa shape index (κ1) is 11.9. The molecule has 12 heavy (non-hydrogen) atoms. The maximum atomic E-state index is 9.34. The van der Waals surface area contributed by atoms with Crippen molar-refractivity contribution < 1.29 is 14.9 Å². The fourth-order valence-electron chi connectivity index (χ4n) is 1.11. The summed E-state index contributed by atoms with van der Waals surface area (Å²) in [7, 11) is 0. The van der Waals surface area contributed by atoms with Crippen LogP contribution in [0.25, 0.3) is 0 Å². The standard InChI is InChI=1S/C9H20O3/c1-4-5-12-9(7(2)3)8(11)6-10/h7-11H,4-6H2,1-3H3. The molecule has 0 rings (SSSR count). The zero-order valence-electron chi connectivity index (χ0n) is 8.16. The van der Waals surface area contributed by atoms with Crippen LogP contribution in [0.4, 0.5) is 0 Å². The first-order chi connectivity index (χ1) is 5.63. The first-order valence-corrected chi connectivity index (χ1v) is 4.54. The van der Waals surface area contributed by atoms with Crippen LogP contribution in [0.2, 0.25) is 0 Å². The molecule has 0 amide bonds. The Balaban J connectivity index is 3.85. The third kappa shape index (κ3) is 4.04. The van der Waals surface area contributed by atoms with Gasteiger partial charge >= 0.3 is 0 Å². The van der Waals surface area contributed by atoms with Crippen LogP contribution < -0.4 is 0 Å². The highest BCUT2D eigenvalue weighted by Crippen LogP contribution is 2.11. The van der Waals surface area contributed by atoms with E-state index in [1.807, 2.05) is 20.8 Å². The van der Waals surface area contributed by atoms with Crippen LogP contribution in [0, 0.1) is 5.92 Å². The van der Waals surface area contributed by atoms with E-state index in [9.17, 15) is 5.11 Å². The van der Waals surface area contributed by atoms with Crippen molar-refractivity contribution in [3.63, 3.8) is 0 Å². The molecular weight excluding hydrogens is 156 g/mol. The van der Waals surface area contributed by atoms with Crippen LogP contribution in [-0.2, 0) is 4.74 Å². The number of hydrogen-bond acceptors (Lipinski definition) is 3. The normalized spacial score (nSPS) is 16.5. The minimum absolute atomic E-state index is 0.230. The molecule has 0 aliphatic heterocycles. The molecule has 3 heteroatoms. The van der Waals surface area contributed by atoms with Crippen molar-refractivity contribution in [3.05, 3.63) is 0 Å². The molecule has 0 aliphatic rings. The Kier molecular flexibility index (Phi) is 6.34. The Bertz CT molecular complexity index is 104. The Morgan fingerprint density at radius 1 is 1.33 bits per heavy atom. The van der Waals surface area contributed by atoms with E-state index in [0.717, 1.165) is 6.42 Å². The van der Waals surface area contributed by atoms with Gasteiger partial charge in [-0.1, -0.05) is 20.8 Å². The van der Waals surface area contributed by atoms with Crippen LogP contribution in [0.1, 0.15) is 27.2 Å². The molecule has 0 heterocycles. The van der Waals surface area contributed by atoms with Gasteiger partial charge in [-0.05, 0) is 12.3 Å². The van der Waals surface area contributed by atoms with Gasteiger partial charge in [0.2, 0.25) is 0 Å². The maximum absolute atomic E-state index is 9.34. The summed E-state index contributed by atoms with van der Waals surface area (Å²) < 4.78 is 5.40. The molecule has 0 aromatic carbocycles. The summed E-state index contributed by atoms with van der Waals surface area (Å²) >= 11 is 0. The predicted molar refractivity (Wildman–Crippen MR) is 48.0 cm³/mol. The molecule has 0 saturated carbocycles. The van der Waals surface area contributed by atoms with E-state index >= 15 is 0 Å².